The number of ether oxygens (including phenoxy) is 1. The van der Waals surface area contributed by atoms with E-state index in [1.165, 1.54) is 6.20 Å². The maximum absolute atomic E-state index is 9.25. The van der Waals surface area contributed by atoms with E-state index in [2.05, 4.69) is 0 Å². The van der Waals surface area contributed by atoms with Gasteiger partial charge in [0.25, 0.3) is 0 Å². The van der Waals surface area contributed by atoms with Gasteiger partial charge in [0.05, 0.1) is 0 Å². The third-order valence-corrected chi connectivity index (χ3v) is 2.17. The second kappa shape index (κ2) is 4.53. The third-order valence-electron chi connectivity index (χ3n) is 2.17. The first-order valence-electron chi connectivity index (χ1n) is 4.89. The normalized spacial score (nSPS) is 10.0. The van der Waals surface area contributed by atoms with Gasteiger partial charge in [-0.3, -0.25) is 5.41 Å². The molecule has 0 unspecified atom stereocenters. The van der Waals surface area contributed by atoms with Crippen LogP contribution in [0.3, 0.4) is 0 Å². The Morgan fingerprint density at radius 3 is 2.62 bits per heavy atom. The molecule has 16 heavy (non-hydrogen) atoms. The monoisotopic (exact) mass is 216 g/mol. The predicted octanol–water partition coefficient (Wildman–Crippen LogP) is 1.78. The average molecular weight is 216 g/mol. The fraction of sp³-hybridized carbons (Fsp3) is 0.0833. The molecule has 1 aromatic heterocycles. The summed E-state index contributed by atoms with van der Waals surface area (Å²) in [5.74, 6) is 0.355. The molecular formula is C12H12N2O2. The van der Waals surface area contributed by atoms with E-state index in [-0.39, 0.29) is 5.49 Å². The quantitative estimate of drug-likeness (QED) is 0.768. The Morgan fingerprint density at radius 2 is 1.88 bits per heavy atom. The van der Waals surface area contributed by atoms with Crippen LogP contribution >= 0.6 is 0 Å². The maximum Gasteiger partial charge on any atom is 0.203 e. The molecule has 0 aliphatic rings. The zero-order valence-electron chi connectivity index (χ0n) is 8.63. The van der Waals surface area contributed by atoms with Gasteiger partial charge in [-0.1, -0.05) is 30.3 Å². The van der Waals surface area contributed by atoms with Crippen LogP contribution < -0.4 is 10.2 Å². The minimum absolute atomic E-state index is 0.0570. The zero-order chi connectivity index (χ0) is 11.4. The first-order chi connectivity index (χ1) is 7.77. The molecule has 4 nitrogen and oxygen atoms in total. The molecule has 1 aromatic carbocycles. The minimum Gasteiger partial charge on any atom is -0.485 e. The Labute approximate surface area is 92.8 Å². The van der Waals surface area contributed by atoms with Crippen LogP contribution in [-0.2, 0) is 6.61 Å². The summed E-state index contributed by atoms with van der Waals surface area (Å²) in [6.45, 7) is 0.386. The molecule has 0 amide bonds. The fourth-order valence-corrected chi connectivity index (χ4v) is 1.33. The van der Waals surface area contributed by atoms with Crippen LogP contribution in [0.25, 0.3) is 0 Å². The molecule has 0 aliphatic carbocycles. The number of nitrogens with one attached hydrogen (secondary N) is 1. The molecule has 4 heteroatoms. The third kappa shape index (κ3) is 2.23. The van der Waals surface area contributed by atoms with E-state index in [1.807, 2.05) is 30.3 Å². The average Bonchev–Trinajstić information content (AvgIpc) is 2.32. The Balaban J connectivity index is 2.11. The Kier molecular flexibility index (Phi) is 2.91. The molecular weight excluding hydrogens is 204 g/mol. The summed E-state index contributed by atoms with van der Waals surface area (Å²) in [6.07, 6.45) is 1.39. The van der Waals surface area contributed by atoms with Crippen LogP contribution in [-0.4, -0.2) is 9.94 Å². The van der Waals surface area contributed by atoms with Crippen molar-refractivity contribution in [2.24, 2.45) is 0 Å². The summed E-state index contributed by atoms with van der Waals surface area (Å²) in [5, 5.41) is 16.8. The molecule has 0 radical (unpaired) electrons. The molecule has 82 valence electrons. The van der Waals surface area contributed by atoms with Gasteiger partial charge in [0, 0.05) is 6.20 Å². The summed E-state index contributed by atoms with van der Waals surface area (Å²) >= 11 is 0. The molecule has 0 bridgehead atoms. The molecule has 0 saturated heterocycles. The smallest absolute Gasteiger partial charge is 0.203 e. The van der Waals surface area contributed by atoms with E-state index in [0.717, 1.165) is 10.3 Å². The second-order valence-corrected chi connectivity index (χ2v) is 3.34. The van der Waals surface area contributed by atoms with Crippen molar-refractivity contribution in [3.05, 3.63) is 59.7 Å². The van der Waals surface area contributed by atoms with Crippen molar-refractivity contribution in [3.63, 3.8) is 0 Å². The number of pyridine rings is 1. The van der Waals surface area contributed by atoms with Gasteiger partial charge < -0.3 is 9.94 Å². The van der Waals surface area contributed by atoms with E-state index in [9.17, 15) is 5.21 Å². The van der Waals surface area contributed by atoms with Crippen LogP contribution in [0.15, 0.2) is 48.7 Å². The predicted molar refractivity (Wildman–Crippen MR) is 58.2 cm³/mol. The van der Waals surface area contributed by atoms with Gasteiger partial charge in [-0.25, -0.2) is 0 Å². The van der Waals surface area contributed by atoms with Crippen LogP contribution in [0, 0.1) is 5.41 Å². The number of nitrogens with zero attached hydrogens (tertiary/aromatic N) is 1. The van der Waals surface area contributed by atoms with Gasteiger partial charge in [0.15, 0.2) is 5.75 Å². The van der Waals surface area contributed by atoms with Crippen molar-refractivity contribution in [2.45, 2.75) is 6.61 Å². The maximum atomic E-state index is 9.25. The van der Waals surface area contributed by atoms with Crippen LogP contribution in [0.2, 0.25) is 0 Å². The van der Waals surface area contributed by atoms with Gasteiger partial charge >= 0.3 is 0 Å². The molecule has 0 spiro atoms. The first kappa shape index (κ1) is 10.3. The van der Waals surface area contributed by atoms with Crippen molar-refractivity contribution in [1.82, 2.24) is 4.73 Å². The topological polar surface area (TPSA) is 58.2 Å². The highest BCUT2D eigenvalue weighted by molar-refractivity contribution is 5.18. The van der Waals surface area contributed by atoms with Crippen molar-refractivity contribution < 1.29 is 9.94 Å². The van der Waals surface area contributed by atoms with Crippen molar-refractivity contribution >= 4 is 0 Å². The molecule has 2 rings (SSSR count). The Hall–Kier alpha value is -2.23. The lowest BCUT2D eigenvalue weighted by atomic mass is 10.2. The van der Waals surface area contributed by atoms with Gasteiger partial charge in [0.1, 0.15) is 6.61 Å². The van der Waals surface area contributed by atoms with E-state index >= 15 is 0 Å². The molecule has 2 aromatic rings. The van der Waals surface area contributed by atoms with Crippen molar-refractivity contribution in [2.75, 3.05) is 0 Å². The first-order valence-corrected chi connectivity index (χ1v) is 4.89. The highest BCUT2D eigenvalue weighted by Gasteiger charge is 1.99. The van der Waals surface area contributed by atoms with E-state index in [1.54, 1.807) is 12.1 Å². The SMILES string of the molecule is N=c1c(OCc2ccccc2)cccn1O. The Bertz CT molecular complexity index is 520. The van der Waals surface area contributed by atoms with Crippen LogP contribution in [0.1, 0.15) is 5.56 Å². The highest BCUT2D eigenvalue weighted by atomic mass is 16.5. The lowest BCUT2D eigenvalue weighted by molar-refractivity contribution is 0.162. The molecule has 0 aliphatic heterocycles. The fourth-order valence-electron chi connectivity index (χ4n) is 1.33. The van der Waals surface area contributed by atoms with Gasteiger partial charge in [-0.05, 0) is 17.7 Å². The second-order valence-electron chi connectivity index (χ2n) is 3.34. The molecule has 0 fully saturated rings. The Morgan fingerprint density at radius 1 is 1.12 bits per heavy atom. The summed E-state index contributed by atoms with van der Waals surface area (Å²) in [4.78, 5) is 0. The van der Waals surface area contributed by atoms with Gasteiger partial charge in [0.2, 0.25) is 5.49 Å². The van der Waals surface area contributed by atoms with Crippen LogP contribution in [0.5, 0.6) is 5.75 Å². The van der Waals surface area contributed by atoms with E-state index in [4.69, 9.17) is 10.1 Å². The lowest BCUT2D eigenvalue weighted by Gasteiger charge is -2.07. The largest absolute Gasteiger partial charge is 0.485 e. The zero-order valence-corrected chi connectivity index (χ0v) is 8.63. The van der Waals surface area contributed by atoms with E-state index in [0.29, 0.717) is 12.4 Å². The molecule has 2 N–H and O–H groups in total. The summed E-state index contributed by atoms with van der Waals surface area (Å²) in [6, 6.07) is 13.0. The number of hydrogen-bond donors (Lipinski definition) is 2. The molecule has 0 atom stereocenters. The number of aromatic nitrogens is 1. The molecule has 0 saturated carbocycles. The van der Waals surface area contributed by atoms with Gasteiger partial charge in [-0.2, -0.15) is 4.73 Å². The minimum atomic E-state index is -0.0570. The summed E-state index contributed by atoms with van der Waals surface area (Å²) in [7, 11) is 0. The van der Waals surface area contributed by atoms with Gasteiger partial charge in [-0.15, -0.1) is 0 Å². The van der Waals surface area contributed by atoms with Crippen molar-refractivity contribution in [3.8, 4) is 5.75 Å². The van der Waals surface area contributed by atoms with Crippen molar-refractivity contribution in [1.29, 1.82) is 5.41 Å². The number of rotatable bonds is 3. The molecule has 1 heterocycles. The van der Waals surface area contributed by atoms with E-state index < -0.39 is 0 Å². The summed E-state index contributed by atoms with van der Waals surface area (Å²) < 4.78 is 6.16. The standard InChI is InChI=1S/C12H12N2O2/c13-12-11(7-4-8-14(12)15)16-9-10-5-2-1-3-6-10/h1-8,13,15H,9H2. The summed E-state index contributed by atoms with van der Waals surface area (Å²) in [5.41, 5.74) is 0.966. The lowest BCUT2D eigenvalue weighted by Crippen LogP contribution is -2.19. The highest BCUT2D eigenvalue weighted by Crippen LogP contribution is 2.06. The number of hydrogen-bond acceptors (Lipinski definition) is 3. The van der Waals surface area contributed by atoms with Crippen LogP contribution in [0.4, 0.5) is 0 Å². The number of benzene rings is 1.